The van der Waals surface area contributed by atoms with Gasteiger partial charge in [-0.3, -0.25) is 29.4 Å². The van der Waals surface area contributed by atoms with E-state index in [1.807, 2.05) is 0 Å². The Kier molecular flexibility index (Phi) is 7.11. The maximum Gasteiger partial charge on any atom is 0.293 e. The number of carbonyl (C=O) groups excluding carboxylic acids is 3. The third-order valence-electron chi connectivity index (χ3n) is 4.30. The molecule has 0 radical (unpaired) electrons. The molecule has 10 nitrogen and oxygen atoms in total. The maximum absolute atomic E-state index is 12.8. The smallest absolute Gasteiger partial charge is 0.293 e. The van der Waals surface area contributed by atoms with Crippen LogP contribution in [0.15, 0.2) is 47.4 Å². The van der Waals surface area contributed by atoms with Gasteiger partial charge in [-0.15, -0.1) is 0 Å². The molecule has 2 aromatic carbocycles. The van der Waals surface area contributed by atoms with Crippen molar-refractivity contribution in [2.24, 2.45) is 5.73 Å². The van der Waals surface area contributed by atoms with E-state index >= 15 is 0 Å². The molecule has 2 N–H and O–H groups in total. The predicted molar refractivity (Wildman–Crippen MR) is 117 cm³/mol. The van der Waals surface area contributed by atoms with Crippen molar-refractivity contribution in [1.29, 1.82) is 0 Å². The first kappa shape index (κ1) is 22.8. The monoisotopic (exact) mass is 457 g/mol. The minimum Gasteiger partial charge on any atom is -0.490 e. The summed E-state index contributed by atoms with van der Waals surface area (Å²) in [4.78, 5) is 47.6. The van der Waals surface area contributed by atoms with E-state index in [1.54, 1.807) is 31.2 Å². The first-order valence-electron chi connectivity index (χ1n) is 9.45. The fraction of sp³-hybridized carbons (Fsp3) is 0.190. The minimum atomic E-state index is -0.627. The lowest BCUT2D eigenvalue weighted by molar-refractivity contribution is -0.384. The van der Waals surface area contributed by atoms with Gasteiger partial charge in [0.1, 0.15) is 0 Å². The molecule has 1 aliphatic rings. The summed E-state index contributed by atoms with van der Waals surface area (Å²) in [5.41, 5.74) is 6.22. The molecular formula is C21H19N3O7S. The Morgan fingerprint density at radius 1 is 1.16 bits per heavy atom. The van der Waals surface area contributed by atoms with Crippen LogP contribution in [-0.4, -0.2) is 40.1 Å². The average molecular weight is 457 g/mol. The SMILES string of the molecule is CCOc1cc(/C=C2\SC(=O)N(Cc3ccc([N+](=O)[O-])cc3)C2=O)ccc1OCC(N)=O. The number of nitro benzene ring substituents is 1. The third-order valence-corrected chi connectivity index (χ3v) is 5.20. The summed E-state index contributed by atoms with van der Waals surface area (Å²) in [6, 6.07) is 10.5. The number of amides is 3. The number of carbonyl (C=O) groups is 3. The van der Waals surface area contributed by atoms with Gasteiger partial charge in [-0.2, -0.15) is 0 Å². The van der Waals surface area contributed by atoms with Crippen molar-refractivity contribution < 1.29 is 28.8 Å². The molecule has 2 aromatic rings. The van der Waals surface area contributed by atoms with Gasteiger partial charge < -0.3 is 15.2 Å². The quantitative estimate of drug-likeness (QED) is 0.344. The molecule has 1 aliphatic heterocycles. The normalized spacial score (nSPS) is 14.7. The molecular weight excluding hydrogens is 438 g/mol. The van der Waals surface area contributed by atoms with Gasteiger partial charge in [-0.1, -0.05) is 18.2 Å². The van der Waals surface area contributed by atoms with E-state index in [0.717, 1.165) is 16.7 Å². The zero-order valence-corrected chi connectivity index (χ0v) is 17.8. The minimum absolute atomic E-state index is 0.00406. The van der Waals surface area contributed by atoms with Crippen molar-refractivity contribution in [2.45, 2.75) is 13.5 Å². The van der Waals surface area contributed by atoms with Crippen LogP contribution in [0.5, 0.6) is 11.5 Å². The number of hydrogen-bond donors (Lipinski definition) is 1. The van der Waals surface area contributed by atoms with Crippen LogP contribution < -0.4 is 15.2 Å². The van der Waals surface area contributed by atoms with Crippen LogP contribution in [0.1, 0.15) is 18.1 Å². The molecule has 11 heteroatoms. The first-order valence-corrected chi connectivity index (χ1v) is 10.3. The number of nitrogens with two attached hydrogens (primary N) is 1. The molecule has 1 heterocycles. The summed E-state index contributed by atoms with van der Waals surface area (Å²) in [6.07, 6.45) is 1.56. The fourth-order valence-electron chi connectivity index (χ4n) is 2.84. The first-order chi connectivity index (χ1) is 15.3. The molecule has 1 saturated heterocycles. The van der Waals surface area contributed by atoms with Gasteiger partial charge in [0.15, 0.2) is 18.1 Å². The predicted octanol–water partition coefficient (Wildman–Crippen LogP) is 3.09. The van der Waals surface area contributed by atoms with E-state index < -0.39 is 22.0 Å². The number of nitrogens with zero attached hydrogens (tertiary/aromatic N) is 2. The number of thioether (sulfide) groups is 1. The second-order valence-corrected chi connectivity index (χ2v) is 7.58. The van der Waals surface area contributed by atoms with Crippen LogP contribution in [0.4, 0.5) is 10.5 Å². The van der Waals surface area contributed by atoms with Gasteiger partial charge in [-0.25, -0.2) is 0 Å². The van der Waals surface area contributed by atoms with E-state index in [1.165, 1.54) is 24.3 Å². The maximum atomic E-state index is 12.8. The van der Waals surface area contributed by atoms with E-state index in [4.69, 9.17) is 15.2 Å². The van der Waals surface area contributed by atoms with Crippen molar-refractivity contribution in [3.05, 3.63) is 68.6 Å². The van der Waals surface area contributed by atoms with Gasteiger partial charge >= 0.3 is 0 Å². The van der Waals surface area contributed by atoms with Crippen LogP contribution in [0.3, 0.4) is 0 Å². The van der Waals surface area contributed by atoms with Crippen LogP contribution in [-0.2, 0) is 16.1 Å². The lowest BCUT2D eigenvalue weighted by Crippen LogP contribution is -2.27. The van der Waals surface area contributed by atoms with Gasteiger partial charge in [0, 0.05) is 12.1 Å². The Balaban J connectivity index is 1.78. The summed E-state index contributed by atoms with van der Waals surface area (Å²) in [7, 11) is 0. The molecule has 1 fully saturated rings. The molecule has 0 spiro atoms. The number of hydrogen-bond acceptors (Lipinski definition) is 8. The second-order valence-electron chi connectivity index (χ2n) is 6.59. The van der Waals surface area contributed by atoms with Crippen molar-refractivity contribution in [2.75, 3.05) is 13.2 Å². The zero-order chi connectivity index (χ0) is 23.3. The Morgan fingerprint density at radius 3 is 2.50 bits per heavy atom. The van der Waals surface area contributed by atoms with Crippen molar-refractivity contribution in [3.8, 4) is 11.5 Å². The summed E-state index contributed by atoms with van der Waals surface area (Å²) in [5, 5.41) is 10.3. The second kappa shape index (κ2) is 9.96. The molecule has 0 unspecified atom stereocenters. The van der Waals surface area contributed by atoms with Crippen LogP contribution >= 0.6 is 11.8 Å². The summed E-state index contributed by atoms with van der Waals surface area (Å²) >= 11 is 0.799. The molecule has 0 aliphatic carbocycles. The molecule has 0 bridgehead atoms. The lowest BCUT2D eigenvalue weighted by Gasteiger charge is -2.12. The third kappa shape index (κ3) is 5.43. The standard InChI is InChI=1S/C21H19N3O7S/c1-2-30-17-9-14(5-8-16(17)31-12-19(22)25)10-18-20(26)23(21(27)32-18)11-13-3-6-15(7-4-13)24(28)29/h3-10H,2,11-12H2,1H3,(H2,22,25)/b18-10-. The highest BCUT2D eigenvalue weighted by atomic mass is 32.2. The van der Waals surface area contributed by atoms with E-state index in [9.17, 15) is 24.5 Å². The highest BCUT2D eigenvalue weighted by Crippen LogP contribution is 2.35. The number of ether oxygens (including phenoxy) is 2. The average Bonchev–Trinajstić information content (AvgIpc) is 3.01. The summed E-state index contributed by atoms with van der Waals surface area (Å²) in [6.45, 7) is 1.83. The number of benzene rings is 2. The molecule has 0 atom stereocenters. The Morgan fingerprint density at radius 2 is 1.88 bits per heavy atom. The molecule has 0 saturated carbocycles. The van der Waals surface area contributed by atoms with Gasteiger partial charge in [-0.05, 0) is 48.0 Å². The Hall–Kier alpha value is -3.86. The molecule has 0 aromatic heterocycles. The van der Waals surface area contributed by atoms with Crippen molar-refractivity contribution >= 4 is 40.6 Å². The van der Waals surface area contributed by atoms with Crippen molar-refractivity contribution in [1.82, 2.24) is 4.90 Å². The molecule has 166 valence electrons. The van der Waals surface area contributed by atoms with E-state index in [2.05, 4.69) is 0 Å². The fourth-order valence-corrected chi connectivity index (χ4v) is 3.68. The largest absolute Gasteiger partial charge is 0.490 e. The molecule has 3 rings (SSSR count). The van der Waals surface area contributed by atoms with Gasteiger partial charge in [0.2, 0.25) is 0 Å². The van der Waals surface area contributed by atoms with E-state index in [-0.39, 0.29) is 23.7 Å². The topological polar surface area (TPSA) is 142 Å². The zero-order valence-electron chi connectivity index (χ0n) is 17.0. The Labute approximate surface area is 187 Å². The molecule has 3 amide bonds. The number of non-ortho nitro benzene ring substituents is 1. The highest BCUT2D eigenvalue weighted by Gasteiger charge is 2.35. The van der Waals surface area contributed by atoms with Gasteiger partial charge in [0.25, 0.3) is 22.7 Å². The van der Waals surface area contributed by atoms with Crippen LogP contribution in [0, 0.1) is 10.1 Å². The lowest BCUT2D eigenvalue weighted by atomic mass is 10.1. The Bertz CT molecular complexity index is 1100. The van der Waals surface area contributed by atoms with Crippen molar-refractivity contribution in [3.63, 3.8) is 0 Å². The summed E-state index contributed by atoms with van der Waals surface area (Å²) in [5.74, 6) is -0.398. The highest BCUT2D eigenvalue weighted by molar-refractivity contribution is 8.18. The van der Waals surface area contributed by atoms with Crippen LogP contribution in [0.25, 0.3) is 6.08 Å². The number of imide groups is 1. The van der Waals surface area contributed by atoms with Crippen LogP contribution in [0.2, 0.25) is 0 Å². The number of nitro groups is 1. The van der Waals surface area contributed by atoms with Gasteiger partial charge in [0.05, 0.1) is 23.0 Å². The number of primary amides is 1. The van der Waals surface area contributed by atoms with E-state index in [0.29, 0.717) is 29.2 Å². The number of rotatable bonds is 9. The summed E-state index contributed by atoms with van der Waals surface area (Å²) < 4.78 is 10.8. The molecule has 32 heavy (non-hydrogen) atoms.